The van der Waals surface area contributed by atoms with E-state index in [1.165, 1.54) is 0 Å². The number of nitrogens with one attached hydrogen (secondary N) is 1. The first kappa shape index (κ1) is 15.6. The van der Waals surface area contributed by atoms with Gasteiger partial charge in [0.25, 0.3) is 5.91 Å². The summed E-state index contributed by atoms with van der Waals surface area (Å²) < 4.78 is 10.9. The monoisotopic (exact) mass is 317 g/mol. The molecule has 6 heteroatoms. The Bertz CT molecular complexity index is 732. The van der Waals surface area contributed by atoms with Crippen molar-refractivity contribution in [2.45, 2.75) is 32.2 Å². The second-order valence-corrected chi connectivity index (χ2v) is 6.19. The van der Waals surface area contributed by atoms with Gasteiger partial charge in [0, 0.05) is 12.0 Å². The van der Waals surface area contributed by atoms with E-state index in [0.29, 0.717) is 18.6 Å². The Morgan fingerprint density at radius 3 is 2.65 bits per heavy atom. The van der Waals surface area contributed by atoms with E-state index in [1.54, 1.807) is 6.07 Å². The van der Waals surface area contributed by atoms with Gasteiger partial charge in [0.05, 0.1) is 18.6 Å². The average Bonchev–Trinajstić information content (AvgIpc) is 3.06. The maximum absolute atomic E-state index is 12.5. The molecule has 1 fully saturated rings. The van der Waals surface area contributed by atoms with E-state index in [-0.39, 0.29) is 18.8 Å². The minimum absolute atomic E-state index is 0.169. The van der Waals surface area contributed by atoms with Gasteiger partial charge in [-0.15, -0.1) is 0 Å². The number of hydrogen-bond acceptors (Lipinski definition) is 4. The third-order valence-corrected chi connectivity index (χ3v) is 4.33. The Hall–Kier alpha value is -2.34. The predicted octanol–water partition coefficient (Wildman–Crippen LogP) is 2.41. The summed E-state index contributed by atoms with van der Waals surface area (Å²) in [6, 6.07) is 5.55. The first-order valence-corrected chi connectivity index (χ1v) is 7.51. The molecule has 0 aliphatic carbocycles. The van der Waals surface area contributed by atoms with Crippen molar-refractivity contribution < 1.29 is 23.8 Å². The molecule has 0 spiro atoms. The number of fused-ring (bicyclic) bond motifs is 1. The highest BCUT2D eigenvalue weighted by Gasteiger charge is 2.39. The van der Waals surface area contributed by atoms with E-state index in [2.05, 4.69) is 5.32 Å². The number of carboxylic acid groups (broad SMARTS) is 1. The highest BCUT2D eigenvalue weighted by Crippen LogP contribution is 2.26. The molecular formula is C17H19NO5. The lowest BCUT2D eigenvalue weighted by Crippen LogP contribution is -2.50. The fraction of sp³-hybridized carbons (Fsp3) is 0.412. The number of benzene rings is 1. The van der Waals surface area contributed by atoms with Gasteiger partial charge < -0.3 is 19.6 Å². The second-order valence-electron chi connectivity index (χ2n) is 6.19. The Kier molecular flexibility index (Phi) is 3.85. The molecule has 0 bridgehead atoms. The van der Waals surface area contributed by atoms with Crippen LogP contribution in [0.2, 0.25) is 0 Å². The molecule has 122 valence electrons. The molecule has 1 saturated heterocycles. The molecule has 2 aromatic rings. The summed E-state index contributed by atoms with van der Waals surface area (Å²) in [5, 5.41) is 12.7. The van der Waals surface area contributed by atoms with Gasteiger partial charge in [-0.25, -0.2) is 0 Å². The van der Waals surface area contributed by atoms with Gasteiger partial charge in [0.15, 0.2) is 5.76 Å². The summed E-state index contributed by atoms with van der Waals surface area (Å²) in [5.41, 5.74) is 1.99. The van der Waals surface area contributed by atoms with E-state index in [0.717, 1.165) is 16.5 Å². The zero-order chi connectivity index (χ0) is 16.6. The van der Waals surface area contributed by atoms with E-state index < -0.39 is 17.4 Å². The van der Waals surface area contributed by atoms with Crippen molar-refractivity contribution in [2.24, 2.45) is 0 Å². The molecule has 3 rings (SSSR count). The number of amides is 1. The molecular weight excluding hydrogens is 298 g/mol. The van der Waals surface area contributed by atoms with Crippen LogP contribution in [0, 0.1) is 13.8 Å². The number of carbonyl (C=O) groups is 2. The van der Waals surface area contributed by atoms with Crippen molar-refractivity contribution in [3.05, 3.63) is 35.1 Å². The first-order chi connectivity index (χ1) is 10.9. The Balaban J connectivity index is 1.86. The van der Waals surface area contributed by atoms with Crippen molar-refractivity contribution in [1.82, 2.24) is 5.32 Å². The van der Waals surface area contributed by atoms with Crippen LogP contribution in [0.25, 0.3) is 11.0 Å². The molecule has 2 N–H and O–H groups in total. The lowest BCUT2D eigenvalue weighted by molar-refractivity contribution is -0.138. The molecule has 0 radical (unpaired) electrons. The fourth-order valence-corrected chi connectivity index (χ4v) is 2.90. The van der Waals surface area contributed by atoms with Crippen LogP contribution in [0.3, 0.4) is 0 Å². The molecule has 1 aliphatic rings. The van der Waals surface area contributed by atoms with Crippen LogP contribution in [0.15, 0.2) is 22.6 Å². The molecule has 1 aromatic heterocycles. The summed E-state index contributed by atoms with van der Waals surface area (Å²) in [7, 11) is 0. The summed E-state index contributed by atoms with van der Waals surface area (Å²) >= 11 is 0. The number of hydrogen-bond donors (Lipinski definition) is 2. The maximum atomic E-state index is 12.5. The summed E-state index contributed by atoms with van der Waals surface area (Å²) in [5.74, 6) is -1.20. The molecule has 1 amide bonds. The zero-order valence-corrected chi connectivity index (χ0v) is 13.1. The third kappa shape index (κ3) is 3.07. The Morgan fingerprint density at radius 1 is 1.26 bits per heavy atom. The van der Waals surface area contributed by atoms with Gasteiger partial charge in [-0.3, -0.25) is 9.59 Å². The average molecular weight is 317 g/mol. The Labute approximate surface area is 133 Å². The van der Waals surface area contributed by atoms with Crippen LogP contribution in [0.5, 0.6) is 0 Å². The van der Waals surface area contributed by atoms with Crippen LogP contribution in [-0.4, -0.2) is 35.7 Å². The SMILES string of the molecule is Cc1cc2cc(C(=O)NC3(CC(=O)O)CCOC3)oc2cc1C. The van der Waals surface area contributed by atoms with Gasteiger partial charge in [0.2, 0.25) is 0 Å². The van der Waals surface area contributed by atoms with Gasteiger partial charge in [0.1, 0.15) is 5.58 Å². The first-order valence-electron chi connectivity index (χ1n) is 7.51. The molecule has 1 aromatic carbocycles. The second kappa shape index (κ2) is 5.70. The smallest absolute Gasteiger partial charge is 0.305 e. The van der Waals surface area contributed by atoms with E-state index in [4.69, 9.17) is 14.3 Å². The Morgan fingerprint density at radius 2 is 2.00 bits per heavy atom. The number of carbonyl (C=O) groups excluding carboxylic acids is 1. The van der Waals surface area contributed by atoms with Crippen LogP contribution in [0.4, 0.5) is 0 Å². The minimum atomic E-state index is -0.966. The predicted molar refractivity (Wildman–Crippen MR) is 83.6 cm³/mol. The third-order valence-electron chi connectivity index (χ3n) is 4.33. The van der Waals surface area contributed by atoms with Crippen molar-refractivity contribution >= 4 is 22.8 Å². The van der Waals surface area contributed by atoms with Crippen LogP contribution < -0.4 is 5.32 Å². The summed E-state index contributed by atoms with van der Waals surface area (Å²) in [6.07, 6.45) is 0.306. The quantitative estimate of drug-likeness (QED) is 0.904. The highest BCUT2D eigenvalue weighted by molar-refractivity contribution is 5.97. The van der Waals surface area contributed by atoms with Gasteiger partial charge in [-0.2, -0.15) is 0 Å². The van der Waals surface area contributed by atoms with E-state index in [9.17, 15) is 9.59 Å². The zero-order valence-electron chi connectivity index (χ0n) is 13.1. The lowest BCUT2D eigenvalue weighted by atomic mass is 9.94. The van der Waals surface area contributed by atoms with Crippen molar-refractivity contribution in [1.29, 1.82) is 0 Å². The molecule has 6 nitrogen and oxygen atoms in total. The number of ether oxygens (including phenoxy) is 1. The van der Waals surface area contributed by atoms with Crippen LogP contribution >= 0.6 is 0 Å². The maximum Gasteiger partial charge on any atom is 0.305 e. The molecule has 2 heterocycles. The van der Waals surface area contributed by atoms with Crippen LogP contribution in [0.1, 0.15) is 34.5 Å². The van der Waals surface area contributed by atoms with Crippen LogP contribution in [-0.2, 0) is 9.53 Å². The summed E-state index contributed by atoms with van der Waals surface area (Å²) in [6.45, 7) is 4.61. The van der Waals surface area contributed by atoms with Crippen molar-refractivity contribution in [3.8, 4) is 0 Å². The van der Waals surface area contributed by atoms with Crippen molar-refractivity contribution in [2.75, 3.05) is 13.2 Å². The number of carboxylic acids is 1. The highest BCUT2D eigenvalue weighted by atomic mass is 16.5. The van der Waals surface area contributed by atoms with Gasteiger partial charge in [-0.05, 0) is 49.6 Å². The lowest BCUT2D eigenvalue weighted by Gasteiger charge is -2.26. The number of furan rings is 1. The fourth-order valence-electron chi connectivity index (χ4n) is 2.90. The van der Waals surface area contributed by atoms with Gasteiger partial charge in [-0.1, -0.05) is 0 Å². The molecule has 23 heavy (non-hydrogen) atoms. The van der Waals surface area contributed by atoms with E-state index >= 15 is 0 Å². The number of rotatable bonds is 4. The van der Waals surface area contributed by atoms with Gasteiger partial charge >= 0.3 is 5.97 Å². The standard InChI is InChI=1S/C17H19NO5/c1-10-5-12-7-14(23-13(12)6-11(10)2)16(21)18-17(8-15(19)20)3-4-22-9-17/h5-7H,3-4,8-9H2,1-2H3,(H,18,21)(H,19,20). The molecule has 1 unspecified atom stereocenters. The molecule has 1 atom stereocenters. The number of aryl methyl sites for hydroxylation is 2. The largest absolute Gasteiger partial charge is 0.481 e. The summed E-state index contributed by atoms with van der Waals surface area (Å²) in [4.78, 5) is 23.5. The minimum Gasteiger partial charge on any atom is -0.481 e. The van der Waals surface area contributed by atoms with E-state index in [1.807, 2.05) is 26.0 Å². The molecule has 0 saturated carbocycles. The topological polar surface area (TPSA) is 88.8 Å². The van der Waals surface area contributed by atoms with Crippen molar-refractivity contribution in [3.63, 3.8) is 0 Å². The number of aliphatic carboxylic acids is 1. The normalized spacial score (nSPS) is 20.8. The molecule has 1 aliphatic heterocycles.